The molecule has 0 bridgehead atoms. The third kappa shape index (κ3) is 1.93. The summed E-state index contributed by atoms with van der Waals surface area (Å²) in [7, 11) is -2.74. The number of aromatic amines is 1. The maximum Gasteiger partial charge on any atom is 0.319 e. The Balaban J connectivity index is 2.97. The summed E-state index contributed by atoms with van der Waals surface area (Å²) in [6.45, 7) is 0. The van der Waals surface area contributed by atoms with Crippen molar-refractivity contribution in [2.75, 3.05) is 0 Å². The van der Waals surface area contributed by atoms with Crippen molar-refractivity contribution in [3.8, 4) is 0 Å². The third-order valence-electron chi connectivity index (χ3n) is 0.793. The Morgan fingerprint density at radius 1 is 1.64 bits per heavy atom. The van der Waals surface area contributed by atoms with Crippen molar-refractivity contribution in [1.82, 2.24) is 15.4 Å². The second kappa shape index (κ2) is 3.01. The Kier molecular flexibility index (Phi) is 2.06. The summed E-state index contributed by atoms with van der Waals surface area (Å²) in [6, 6.07) is 0. The van der Waals surface area contributed by atoms with Gasteiger partial charge in [0.2, 0.25) is 0 Å². The zero-order chi connectivity index (χ0) is 8.27. The number of hydrogen-bond donors (Lipinski definition) is 1. The standard InChI is InChI=1S/C3H2N4O3S/c8-3(6-11(9)10)2-1-4-7-5-2/h1H,(H,4,5,7). The van der Waals surface area contributed by atoms with E-state index in [4.69, 9.17) is 0 Å². The van der Waals surface area contributed by atoms with Crippen LogP contribution < -0.4 is 0 Å². The van der Waals surface area contributed by atoms with Crippen molar-refractivity contribution in [2.24, 2.45) is 4.36 Å². The second-order valence-corrected chi connectivity index (χ2v) is 2.09. The van der Waals surface area contributed by atoms with E-state index in [2.05, 4.69) is 19.8 Å². The van der Waals surface area contributed by atoms with Crippen LogP contribution >= 0.6 is 0 Å². The number of hydrogen-bond acceptors (Lipinski definition) is 5. The fourth-order valence-electron chi connectivity index (χ4n) is 0.421. The van der Waals surface area contributed by atoms with Crippen LogP contribution in [0.3, 0.4) is 0 Å². The summed E-state index contributed by atoms with van der Waals surface area (Å²) in [5.41, 5.74) is -0.130. The van der Waals surface area contributed by atoms with Gasteiger partial charge >= 0.3 is 16.4 Å². The number of nitrogens with one attached hydrogen (secondary N) is 1. The number of rotatable bonds is 1. The van der Waals surface area contributed by atoms with Gasteiger partial charge in [0.15, 0.2) is 5.69 Å². The Morgan fingerprint density at radius 3 is 2.82 bits per heavy atom. The highest BCUT2D eigenvalue weighted by Crippen LogP contribution is 1.90. The van der Waals surface area contributed by atoms with Gasteiger partial charge in [-0.3, -0.25) is 9.89 Å². The highest BCUT2D eigenvalue weighted by Gasteiger charge is 2.06. The maximum atomic E-state index is 10.6. The smallest absolute Gasteiger partial charge is 0.265 e. The van der Waals surface area contributed by atoms with Crippen LogP contribution in [0.1, 0.15) is 10.5 Å². The average Bonchev–Trinajstić information content (AvgIpc) is 2.35. The first-order valence-electron chi connectivity index (χ1n) is 2.42. The number of nitrogens with zero attached hydrogens (tertiary/aromatic N) is 3. The molecule has 1 heterocycles. The molecule has 0 aliphatic carbocycles. The van der Waals surface area contributed by atoms with Gasteiger partial charge in [0.1, 0.15) is 0 Å². The van der Waals surface area contributed by atoms with Gasteiger partial charge in [-0.1, -0.05) is 9.58 Å². The molecule has 0 unspecified atom stereocenters. The predicted octanol–water partition coefficient (Wildman–Crippen LogP) is -0.992. The first-order valence-corrected chi connectivity index (χ1v) is 3.45. The van der Waals surface area contributed by atoms with Crippen LogP contribution in [0, 0.1) is 0 Å². The highest BCUT2D eigenvalue weighted by atomic mass is 32.2. The van der Waals surface area contributed by atoms with Gasteiger partial charge in [-0.15, -0.1) is 5.10 Å². The highest BCUT2D eigenvalue weighted by molar-refractivity contribution is 7.62. The van der Waals surface area contributed by atoms with Crippen molar-refractivity contribution in [1.29, 1.82) is 0 Å². The van der Waals surface area contributed by atoms with Gasteiger partial charge in [-0.25, -0.2) is 0 Å². The zero-order valence-electron chi connectivity index (χ0n) is 5.05. The van der Waals surface area contributed by atoms with Crippen molar-refractivity contribution in [3.05, 3.63) is 11.9 Å². The van der Waals surface area contributed by atoms with Gasteiger partial charge in [0.25, 0.3) is 0 Å². The van der Waals surface area contributed by atoms with Gasteiger partial charge in [0.05, 0.1) is 6.20 Å². The number of amides is 1. The molecule has 0 atom stereocenters. The molecule has 1 aromatic rings. The van der Waals surface area contributed by atoms with E-state index in [-0.39, 0.29) is 5.69 Å². The largest absolute Gasteiger partial charge is 0.319 e. The Bertz CT molecular complexity index is 369. The molecule has 0 spiro atoms. The SMILES string of the molecule is O=C(N=S(=O)=O)c1c[nH]nn1. The molecule has 0 saturated heterocycles. The third-order valence-corrected chi connectivity index (χ3v) is 1.11. The van der Waals surface area contributed by atoms with Crippen molar-refractivity contribution in [2.45, 2.75) is 0 Å². The van der Waals surface area contributed by atoms with Crippen LogP contribution in [0.5, 0.6) is 0 Å². The summed E-state index contributed by atoms with van der Waals surface area (Å²) in [6.07, 6.45) is 1.15. The van der Waals surface area contributed by atoms with Crippen molar-refractivity contribution in [3.63, 3.8) is 0 Å². The molecule has 7 nitrogen and oxygen atoms in total. The minimum absolute atomic E-state index is 0.130. The molecule has 1 N–H and O–H groups in total. The fraction of sp³-hybridized carbons (Fsp3) is 0. The molecule has 0 aromatic carbocycles. The lowest BCUT2D eigenvalue weighted by Crippen LogP contribution is -1.93. The zero-order valence-corrected chi connectivity index (χ0v) is 5.87. The number of carbonyl (C=O) groups is 1. The quantitative estimate of drug-likeness (QED) is 0.588. The van der Waals surface area contributed by atoms with Crippen molar-refractivity contribution >= 4 is 16.4 Å². The average molecular weight is 174 g/mol. The lowest BCUT2D eigenvalue weighted by molar-refractivity contribution is 0.100. The topological polar surface area (TPSA) is 105 Å². The lowest BCUT2D eigenvalue weighted by atomic mass is 10.5. The summed E-state index contributed by atoms with van der Waals surface area (Å²) >= 11 is 0. The van der Waals surface area contributed by atoms with E-state index < -0.39 is 16.4 Å². The van der Waals surface area contributed by atoms with Crippen LogP contribution in [-0.4, -0.2) is 29.7 Å². The van der Waals surface area contributed by atoms with Crippen molar-refractivity contribution < 1.29 is 13.2 Å². The molecule has 8 heteroatoms. The van der Waals surface area contributed by atoms with Crippen LogP contribution in [-0.2, 0) is 10.5 Å². The van der Waals surface area contributed by atoms with E-state index in [0.29, 0.717) is 0 Å². The van der Waals surface area contributed by atoms with Gasteiger partial charge in [0, 0.05) is 0 Å². The molecule has 0 fully saturated rings. The minimum Gasteiger partial charge on any atom is -0.265 e. The molecule has 1 rings (SSSR count). The molecule has 0 aliphatic rings. The Labute approximate surface area is 62.1 Å². The molecule has 1 aromatic heterocycles. The monoisotopic (exact) mass is 174 g/mol. The lowest BCUT2D eigenvalue weighted by Gasteiger charge is -1.76. The fourth-order valence-corrected chi connectivity index (χ4v) is 0.650. The number of carbonyl (C=O) groups excluding carboxylic acids is 1. The molecular weight excluding hydrogens is 172 g/mol. The second-order valence-electron chi connectivity index (χ2n) is 1.47. The van der Waals surface area contributed by atoms with E-state index >= 15 is 0 Å². The molecule has 0 radical (unpaired) electrons. The summed E-state index contributed by atoms with van der Waals surface area (Å²) in [4.78, 5) is 10.6. The van der Waals surface area contributed by atoms with Crippen LogP contribution in [0.4, 0.5) is 0 Å². The van der Waals surface area contributed by atoms with E-state index in [1.54, 1.807) is 0 Å². The molecule has 58 valence electrons. The minimum atomic E-state index is -2.74. The van der Waals surface area contributed by atoms with Gasteiger partial charge in [-0.05, 0) is 0 Å². The first kappa shape index (κ1) is 7.54. The molecule has 11 heavy (non-hydrogen) atoms. The van der Waals surface area contributed by atoms with E-state index in [0.717, 1.165) is 6.20 Å². The van der Waals surface area contributed by atoms with E-state index in [1.807, 2.05) is 0 Å². The summed E-state index contributed by atoms with van der Waals surface area (Å²) in [5.74, 6) is -0.938. The molecule has 0 saturated carbocycles. The maximum absolute atomic E-state index is 10.6. The molecule has 0 aliphatic heterocycles. The van der Waals surface area contributed by atoms with E-state index in [1.165, 1.54) is 0 Å². The number of H-pyrrole nitrogens is 1. The first-order chi connectivity index (χ1) is 5.20. The predicted molar refractivity (Wildman–Crippen MR) is 32.1 cm³/mol. The van der Waals surface area contributed by atoms with E-state index in [9.17, 15) is 13.2 Å². The van der Waals surface area contributed by atoms with Gasteiger partial charge < -0.3 is 0 Å². The Hall–Kier alpha value is -1.57. The van der Waals surface area contributed by atoms with Crippen LogP contribution in [0.25, 0.3) is 0 Å². The summed E-state index contributed by atoms with van der Waals surface area (Å²) in [5, 5.41) is 8.68. The van der Waals surface area contributed by atoms with Crippen LogP contribution in [0.2, 0.25) is 0 Å². The number of aromatic nitrogens is 3. The Morgan fingerprint density at radius 2 is 2.36 bits per heavy atom. The normalized spacial score (nSPS) is 9.09. The molecular formula is C3H2N4O3S. The molecule has 1 amide bonds. The summed E-state index contributed by atoms with van der Waals surface area (Å²) < 4.78 is 22.4. The van der Waals surface area contributed by atoms with Crippen LogP contribution in [0.15, 0.2) is 10.6 Å². The van der Waals surface area contributed by atoms with Gasteiger partial charge in [-0.2, -0.15) is 8.42 Å².